The lowest BCUT2D eigenvalue weighted by Gasteiger charge is -2.34. The largest absolute Gasteiger partial charge is 0.357 e. The molecular weight excluding hydrogens is 519 g/mol. The topological polar surface area (TPSA) is 55.8 Å². The fourth-order valence-electron chi connectivity index (χ4n) is 3.68. The fourth-order valence-corrected chi connectivity index (χ4v) is 4.47. The number of halogens is 1. The monoisotopic (exact) mass is 556 g/mol. The molecule has 2 heterocycles. The number of aryl methyl sites for hydroxylation is 1. The predicted octanol–water partition coefficient (Wildman–Crippen LogP) is 3.50. The maximum atomic E-state index is 4.85. The molecule has 1 aliphatic heterocycles. The van der Waals surface area contributed by atoms with Crippen molar-refractivity contribution in [2.75, 3.05) is 45.8 Å². The van der Waals surface area contributed by atoms with E-state index in [1.54, 1.807) is 11.3 Å². The molecule has 172 valence electrons. The number of nitrogens with one attached hydrogen (secondary N) is 2. The number of likely N-dealkylation sites (N-methyl/N-ethyl adjacent to an activating group) is 1. The van der Waals surface area contributed by atoms with Gasteiger partial charge in [0.2, 0.25) is 0 Å². The summed E-state index contributed by atoms with van der Waals surface area (Å²) in [5, 5.41) is 7.98. The number of thiazole rings is 1. The second kappa shape index (κ2) is 14.0. The van der Waals surface area contributed by atoms with E-state index in [-0.39, 0.29) is 24.0 Å². The fraction of sp³-hybridized carbons (Fsp3) is 0.565. The van der Waals surface area contributed by atoms with E-state index in [0.717, 1.165) is 51.6 Å². The van der Waals surface area contributed by atoms with Crippen molar-refractivity contribution in [3.05, 3.63) is 51.5 Å². The molecule has 0 bridgehead atoms. The molecule has 1 aliphatic rings. The lowest BCUT2D eigenvalue weighted by molar-refractivity contribution is 0.131. The van der Waals surface area contributed by atoms with Gasteiger partial charge in [-0.1, -0.05) is 31.2 Å². The zero-order valence-corrected chi connectivity index (χ0v) is 22.2. The Morgan fingerprint density at radius 3 is 2.42 bits per heavy atom. The summed E-state index contributed by atoms with van der Waals surface area (Å²) in [6, 6.07) is 8.73. The third-order valence-electron chi connectivity index (χ3n) is 5.48. The quantitative estimate of drug-likeness (QED) is 0.282. The summed E-state index contributed by atoms with van der Waals surface area (Å²) in [7, 11) is 0. The minimum Gasteiger partial charge on any atom is -0.357 e. The molecule has 0 amide bonds. The molecule has 6 nitrogen and oxygen atoms in total. The van der Waals surface area contributed by atoms with Crippen LogP contribution in [0.3, 0.4) is 0 Å². The minimum atomic E-state index is 0. The summed E-state index contributed by atoms with van der Waals surface area (Å²) in [5.74, 6) is 0.872. The van der Waals surface area contributed by atoms with Gasteiger partial charge in [-0.25, -0.2) is 9.98 Å². The first-order valence-electron chi connectivity index (χ1n) is 11.1. The third kappa shape index (κ3) is 8.67. The standard InChI is InChI=1S/C23H36N6S.HI/c1-4-24-23(25-11-10-22-26-16-19(3)30-22)27-17-20-8-6-7-9-21(20)18-29-14-12-28(5-2)13-15-29;/h6-9,16H,4-5,10-15,17-18H2,1-3H3,(H2,24,25,27);1H. The van der Waals surface area contributed by atoms with Gasteiger partial charge in [0, 0.05) is 63.3 Å². The average Bonchev–Trinajstić information content (AvgIpc) is 3.18. The molecule has 8 heteroatoms. The van der Waals surface area contributed by atoms with Crippen LogP contribution in [0.25, 0.3) is 0 Å². The highest BCUT2D eigenvalue weighted by Crippen LogP contribution is 2.15. The number of aliphatic imine (C=N–C) groups is 1. The molecule has 1 aromatic heterocycles. The van der Waals surface area contributed by atoms with Gasteiger partial charge in [-0.05, 0) is 31.5 Å². The van der Waals surface area contributed by atoms with Crippen LogP contribution in [-0.4, -0.2) is 66.6 Å². The smallest absolute Gasteiger partial charge is 0.191 e. The van der Waals surface area contributed by atoms with Crippen LogP contribution in [0, 0.1) is 6.92 Å². The second-order valence-electron chi connectivity index (χ2n) is 7.72. The minimum absolute atomic E-state index is 0. The van der Waals surface area contributed by atoms with Gasteiger partial charge in [0.15, 0.2) is 5.96 Å². The van der Waals surface area contributed by atoms with E-state index in [0.29, 0.717) is 6.54 Å². The summed E-state index contributed by atoms with van der Waals surface area (Å²) in [5.41, 5.74) is 2.70. The SMILES string of the molecule is CCNC(=NCc1ccccc1CN1CCN(CC)CC1)NCCc1ncc(C)s1.I. The van der Waals surface area contributed by atoms with Gasteiger partial charge in [0.1, 0.15) is 0 Å². The molecule has 3 rings (SSSR count). The summed E-state index contributed by atoms with van der Waals surface area (Å²) in [6.07, 6.45) is 2.86. The van der Waals surface area contributed by atoms with Crippen molar-refractivity contribution in [1.82, 2.24) is 25.4 Å². The molecule has 0 spiro atoms. The Balaban J connectivity index is 0.00000341. The number of hydrogen-bond donors (Lipinski definition) is 2. The van der Waals surface area contributed by atoms with Crippen molar-refractivity contribution in [2.45, 2.75) is 40.3 Å². The predicted molar refractivity (Wildman–Crippen MR) is 143 cm³/mol. The van der Waals surface area contributed by atoms with Crippen molar-refractivity contribution in [2.24, 2.45) is 4.99 Å². The Bertz CT molecular complexity index is 801. The van der Waals surface area contributed by atoms with E-state index in [9.17, 15) is 0 Å². The van der Waals surface area contributed by atoms with Crippen LogP contribution < -0.4 is 10.6 Å². The number of rotatable bonds is 9. The molecule has 1 fully saturated rings. The highest BCUT2D eigenvalue weighted by molar-refractivity contribution is 14.0. The van der Waals surface area contributed by atoms with E-state index >= 15 is 0 Å². The molecule has 0 unspecified atom stereocenters. The summed E-state index contributed by atoms with van der Waals surface area (Å²) >= 11 is 1.76. The Hall–Kier alpha value is -1.23. The number of guanidine groups is 1. The maximum Gasteiger partial charge on any atom is 0.191 e. The number of benzene rings is 1. The first kappa shape index (κ1) is 26.0. The van der Waals surface area contributed by atoms with Crippen LogP contribution in [0.1, 0.15) is 34.9 Å². The molecule has 0 saturated carbocycles. The first-order valence-corrected chi connectivity index (χ1v) is 11.9. The van der Waals surface area contributed by atoms with Crippen molar-refractivity contribution in [3.63, 3.8) is 0 Å². The molecule has 0 atom stereocenters. The molecule has 0 aliphatic carbocycles. The molecule has 31 heavy (non-hydrogen) atoms. The lowest BCUT2D eigenvalue weighted by Crippen LogP contribution is -2.45. The molecule has 1 saturated heterocycles. The molecule has 2 aromatic rings. The van der Waals surface area contributed by atoms with Crippen molar-refractivity contribution in [3.8, 4) is 0 Å². The molecule has 0 radical (unpaired) electrons. The number of nitrogens with zero attached hydrogens (tertiary/aromatic N) is 4. The molecule has 2 N–H and O–H groups in total. The van der Waals surface area contributed by atoms with E-state index in [2.05, 4.69) is 70.5 Å². The summed E-state index contributed by atoms with van der Waals surface area (Å²) in [4.78, 5) is 15.6. The highest BCUT2D eigenvalue weighted by atomic mass is 127. The first-order chi connectivity index (χ1) is 14.7. The third-order valence-corrected chi connectivity index (χ3v) is 6.45. The van der Waals surface area contributed by atoms with E-state index < -0.39 is 0 Å². The van der Waals surface area contributed by atoms with Gasteiger partial charge in [-0.15, -0.1) is 35.3 Å². The Labute approximate surface area is 208 Å². The van der Waals surface area contributed by atoms with Gasteiger partial charge in [0.25, 0.3) is 0 Å². The van der Waals surface area contributed by atoms with Crippen LogP contribution in [0.4, 0.5) is 0 Å². The average molecular weight is 557 g/mol. The van der Waals surface area contributed by atoms with Crippen LogP contribution in [0.5, 0.6) is 0 Å². The van der Waals surface area contributed by atoms with E-state index in [1.165, 1.54) is 34.1 Å². The van der Waals surface area contributed by atoms with Crippen LogP contribution in [-0.2, 0) is 19.5 Å². The normalized spacial score (nSPS) is 15.5. The lowest BCUT2D eigenvalue weighted by atomic mass is 10.1. The Morgan fingerprint density at radius 1 is 1.06 bits per heavy atom. The zero-order chi connectivity index (χ0) is 21.2. The zero-order valence-electron chi connectivity index (χ0n) is 19.1. The van der Waals surface area contributed by atoms with Crippen molar-refractivity contribution < 1.29 is 0 Å². The summed E-state index contributed by atoms with van der Waals surface area (Å²) < 4.78 is 0. The van der Waals surface area contributed by atoms with E-state index in [1.807, 2.05) is 6.20 Å². The van der Waals surface area contributed by atoms with Gasteiger partial charge >= 0.3 is 0 Å². The second-order valence-corrected chi connectivity index (χ2v) is 9.04. The number of hydrogen-bond acceptors (Lipinski definition) is 5. The summed E-state index contributed by atoms with van der Waals surface area (Å²) in [6.45, 7) is 15.6. The highest BCUT2D eigenvalue weighted by Gasteiger charge is 2.16. The van der Waals surface area contributed by atoms with Crippen LogP contribution in [0.2, 0.25) is 0 Å². The van der Waals surface area contributed by atoms with E-state index in [4.69, 9.17) is 4.99 Å². The Kier molecular flexibility index (Phi) is 11.8. The van der Waals surface area contributed by atoms with Crippen LogP contribution >= 0.6 is 35.3 Å². The number of aromatic nitrogens is 1. The number of piperazine rings is 1. The molecule has 1 aromatic carbocycles. The Morgan fingerprint density at radius 2 is 1.77 bits per heavy atom. The van der Waals surface area contributed by atoms with Gasteiger partial charge in [-0.2, -0.15) is 0 Å². The van der Waals surface area contributed by atoms with Gasteiger partial charge in [0.05, 0.1) is 11.6 Å². The van der Waals surface area contributed by atoms with Crippen molar-refractivity contribution in [1.29, 1.82) is 0 Å². The molecular formula is C23H37IN6S. The maximum absolute atomic E-state index is 4.85. The van der Waals surface area contributed by atoms with Crippen LogP contribution in [0.15, 0.2) is 35.5 Å². The van der Waals surface area contributed by atoms with Crippen molar-refractivity contribution >= 4 is 41.3 Å². The van der Waals surface area contributed by atoms with Gasteiger partial charge in [-0.3, -0.25) is 4.90 Å². The van der Waals surface area contributed by atoms with Gasteiger partial charge < -0.3 is 15.5 Å².